The highest BCUT2D eigenvalue weighted by atomic mass is 32.1. The van der Waals surface area contributed by atoms with E-state index in [-0.39, 0.29) is 0 Å². The molecule has 2 aromatic heterocycles. The molecule has 0 aliphatic carbocycles. The molecule has 0 bridgehead atoms. The molecule has 0 aromatic carbocycles. The second-order valence-corrected chi connectivity index (χ2v) is 6.12. The van der Waals surface area contributed by atoms with Crippen LogP contribution in [0, 0.1) is 13.8 Å². The molecule has 3 heterocycles. The SMILES string of the molecule is Cc1sc(N)c(-c2nc(C3CCOCC3)no2)c1C. The topological polar surface area (TPSA) is 74.2 Å². The fraction of sp³-hybridized carbons (Fsp3) is 0.538. The highest BCUT2D eigenvalue weighted by Crippen LogP contribution is 2.38. The van der Waals surface area contributed by atoms with Crippen LogP contribution < -0.4 is 5.73 Å². The Kier molecular flexibility index (Phi) is 3.28. The maximum Gasteiger partial charge on any atom is 0.261 e. The van der Waals surface area contributed by atoms with E-state index in [1.807, 2.05) is 6.92 Å². The molecule has 0 amide bonds. The summed E-state index contributed by atoms with van der Waals surface area (Å²) in [6.45, 7) is 5.63. The summed E-state index contributed by atoms with van der Waals surface area (Å²) in [4.78, 5) is 5.73. The van der Waals surface area contributed by atoms with Gasteiger partial charge >= 0.3 is 0 Å². The van der Waals surface area contributed by atoms with Crippen LogP contribution in [0.3, 0.4) is 0 Å². The molecule has 0 spiro atoms. The lowest BCUT2D eigenvalue weighted by Crippen LogP contribution is -2.15. The first-order chi connectivity index (χ1) is 9.16. The molecule has 5 nitrogen and oxygen atoms in total. The summed E-state index contributed by atoms with van der Waals surface area (Å²) in [6.07, 6.45) is 1.91. The molecule has 1 fully saturated rings. The third-order valence-corrected chi connectivity index (χ3v) is 4.69. The quantitative estimate of drug-likeness (QED) is 0.915. The van der Waals surface area contributed by atoms with Crippen LogP contribution in [0.2, 0.25) is 0 Å². The van der Waals surface area contributed by atoms with E-state index in [0.29, 0.717) is 11.8 Å². The number of nitrogens with zero attached hydrogens (tertiary/aromatic N) is 2. The summed E-state index contributed by atoms with van der Waals surface area (Å²) < 4.78 is 10.8. The zero-order chi connectivity index (χ0) is 13.4. The Hall–Kier alpha value is -1.40. The van der Waals surface area contributed by atoms with Gasteiger partial charge in [-0.1, -0.05) is 5.16 Å². The van der Waals surface area contributed by atoms with Crippen molar-refractivity contribution in [2.75, 3.05) is 18.9 Å². The molecule has 1 aliphatic heterocycles. The minimum absolute atomic E-state index is 0.340. The van der Waals surface area contributed by atoms with Crippen molar-refractivity contribution in [1.82, 2.24) is 10.1 Å². The van der Waals surface area contributed by atoms with Crippen molar-refractivity contribution in [2.45, 2.75) is 32.6 Å². The van der Waals surface area contributed by atoms with Gasteiger partial charge in [-0.3, -0.25) is 0 Å². The molecular weight excluding hydrogens is 262 g/mol. The van der Waals surface area contributed by atoms with Gasteiger partial charge in [-0.25, -0.2) is 0 Å². The molecule has 2 N–H and O–H groups in total. The van der Waals surface area contributed by atoms with Crippen LogP contribution in [-0.4, -0.2) is 23.4 Å². The number of hydrogen-bond acceptors (Lipinski definition) is 6. The van der Waals surface area contributed by atoms with E-state index >= 15 is 0 Å². The molecular formula is C13H17N3O2S. The first-order valence-electron chi connectivity index (χ1n) is 6.44. The van der Waals surface area contributed by atoms with Gasteiger partial charge in [0.25, 0.3) is 5.89 Å². The maximum absolute atomic E-state index is 6.03. The Morgan fingerprint density at radius 2 is 2.00 bits per heavy atom. The predicted molar refractivity (Wildman–Crippen MR) is 74.3 cm³/mol. The van der Waals surface area contributed by atoms with E-state index in [4.69, 9.17) is 15.0 Å². The van der Waals surface area contributed by atoms with Gasteiger partial charge in [-0.15, -0.1) is 11.3 Å². The molecule has 6 heteroatoms. The molecule has 0 saturated carbocycles. The molecule has 2 aromatic rings. The van der Waals surface area contributed by atoms with E-state index in [1.54, 1.807) is 11.3 Å². The van der Waals surface area contributed by atoms with Crippen LogP contribution >= 0.6 is 11.3 Å². The molecule has 3 rings (SSSR count). The minimum Gasteiger partial charge on any atom is -0.390 e. The van der Waals surface area contributed by atoms with Crippen molar-refractivity contribution < 1.29 is 9.26 Å². The first-order valence-corrected chi connectivity index (χ1v) is 7.25. The van der Waals surface area contributed by atoms with Crippen LogP contribution in [0.15, 0.2) is 4.52 Å². The monoisotopic (exact) mass is 279 g/mol. The van der Waals surface area contributed by atoms with E-state index in [9.17, 15) is 0 Å². The van der Waals surface area contributed by atoms with Gasteiger partial charge in [0.2, 0.25) is 0 Å². The number of ether oxygens (including phenoxy) is 1. The van der Waals surface area contributed by atoms with Crippen LogP contribution in [0.1, 0.15) is 35.0 Å². The average molecular weight is 279 g/mol. The highest BCUT2D eigenvalue weighted by Gasteiger charge is 2.24. The number of aryl methyl sites for hydroxylation is 1. The second kappa shape index (κ2) is 4.94. The summed E-state index contributed by atoms with van der Waals surface area (Å²) in [5, 5.41) is 4.86. The van der Waals surface area contributed by atoms with Gasteiger partial charge in [0.05, 0.1) is 10.6 Å². The van der Waals surface area contributed by atoms with Gasteiger partial charge in [0.1, 0.15) is 0 Å². The molecule has 1 saturated heterocycles. The summed E-state index contributed by atoms with van der Waals surface area (Å²) in [5.74, 6) is 1.66. The van der Waals surface area contributed by atoms with Crippen molar-refractivity contribution in [3.05, 3.63) is 16.3 Å². The van der Waals surface area contributed by atoms with E-state index in [1.165, 1.54) is 4.88 Å². The lowest BCUT2D eigenvalue weighted by molar-refractivity contribution is 0.0830. The van der Waals surface area contributed by atoms with Crippen LogP contribution in [0.5, 0.6) is 0 Å². The summed E-state index contributed by atoms with van der Waals surface area (Å²) in [5.41, 5.74) is 8.06. The largest absolute Gasteiger partial charge is 0.390 e. The maximum atomic E-state index is 6.03. The first kappa shape index (κ1) is 12.6. The average Bonchev–Trinajstić information content (AvgIpc) is 2.97. The van der Waals surface area contributed by atoms with Gasteiger partial charge < -0.3 is 15.0 Å². The normalized spacial score (nSPS) is 16.9. The molecule has 19 heavy (non-hydrogen) atoms. The van der Waals surface area contributed by atoms with Crippen LogP contribution in [-0.2, 0) is 4.74 Å². The lowest BCUT2D eigenvalue weighted by atomic mass is 10.00. The van der Waals surface area contributed by atoms with Gasteiger partial charge in [-0.2, -0.15) is 4.98 Å². The Morgan fingerprint density at radius 3 is 2.63 bits per heavy atom. The van der Waals surface area contributed by atoms with Crippen LogP contribution in [0.25, 0.3) is 11.5 Å². The standard InChI is InChI=1S/C13H17N3O2S/c1-7-8(2)19-11(14)10(7)13-15-12(16-18-13)9-3-5-17-6-4-9/h9H,3-6,14H2,1-2H3. The number of thiophene rings is 1. The van der Waals surface area contributed by atoms with Crippen molar-refractivity contribution >= 4 is 16.3 Å². The number of aromatic nitrogens is 2. The third kappa shape index (κ3) is 2.26. The van der Waals surface area contributed by atoms with E-state index < -0.39 is 0 Å². The number of nitrogens with two attached hydrogens (primary N) is 1. The molecule has 0 radical (unpaired) electrons. The van der Waals surface area contributed by atoms with Gasteiger partial charge in [0, 0.05) is 24.0 Å². The Bertz CT molecular complexity index is 585. The van der Waals surface area contributed by atoms with Gasteiger partial charge in [-0.05, 0) is 32.3 Å². The zero-order valence-corrected chi connectivity index (χ0v) is 11.9. The fourth-order valence-corrected chi connectivity index (χ4v) is 3.30. The summed E-state index contributed by atoms with van der Waals surface area (Å²) >= 11 is 1.57. The second-order valence-electron chi connectivity index (χ2n) is 4.87. The van der Waals surface area contributed by atoms with Crippen molar-refractivity contribution in [3.63, 3.8) is 0 Å². The number of hydrogen-bond donors (Lipinski definition) is 1. The molecule has 1 aliphatic rings. The lowest BCUT2D eigenvalue weighted by Gasteiger charge is -2.18. The Balaban J connectivity index is 1.92. The van der Waals surface area contributed by atoms with Crippen molar-refractivity contribution in [3.8, 4) is 11.5 Å². The summed E-state index contributed by atoms with van der Waals surface area (Å²) in [7, 11) is 0. The zero-order valence-electron chi connectivity index (χ0n) is 11.1. The third-order valence-electron chi connectivity index (χ3n) is 3.65. The molecule has 0 atom stereocenters. The Labute approximate surface area is 115 Å². The van der Waals surface area contributed by atoms with E-state index in [2.05, 4.69) is 17.1 Å². The van der Waals surface area contributed by atoms with E-state index in [0.717, 1.165) is 48.0 Å². The van der Waals surface area contributed by atoms with Crippen molar-refractivity contribution in [1.29, 1.82) is 0 Å². The fourth-order valence-electron chi connectivity index (χ4n) is 2.38. The van der Waals surface area contributed by atoms with Crippen molar-refractivity contribution in [2.24, 2.45) is 0 Å². The number of rotatable bonds is 2. The molecule has 0 unspecified atom stereocenters. The summed E-state index contributed by atoms with van der Waals surface area (Å²) in [6, 6.07) is 0. The highest BCUT2D eigenvalue weighted by molar-refractivity contribution is 7.16. The molecule has 102 valence electrons. The predicted octanol–water partition coefficient (Wildman–Crippen LogP) is 2.89. The smallest absolute Gasteiger partial charge is 0.261 e. The van der Waals surface area contributed by atoms with Gasteiger partial charge in [0.15, 0.2) is 5.82 Å². The van der Waals surface area contributed by atoms with Crippen LogP contribution in [0.4, 0.5) is 5.00 Å². The Morgan fingerprint density at radius 1 is 1.26 bits per heavy atom. The number of nitrogen functional groups attached to an aromatic ring is 1. The number of anilines is 1. The minimum atomic E-state index is 0.340.